The number of hydrogen-bond acceptors (Lipinski definition) is 2. The summed E-state index contributed by atoms with van der Waals surface area (Å²) in [5, 5.41) is 7.12. The van der Waals surface area contributed by atoms with Crippen LogP contribution in [0.4, 0.5) is 10.1 Å². The summed E-state index contributed by atoms with van der Waals surface area (Å²) in [5.41, 5.74) is 3.12. The molecule has 1 aromatic carbocycles. The van der Waals surface area contributed by atoms with Gasteiger partial charge in [-0.3, -0.25) is 9.48 Å². The van der Waals surface area contributed by atoms with E-state index in [2.05, 4.69) is 44.2 Å². The van der Waals surface area contributed by atoms with Crippen molar-refractivity contribution in [1.29, 1.82) is 0 Å². The molecule has 4 nitrogen and oxygen atoms in total. The quantitative estimate of drug-likeness (QED) is 0.773. The Morgan fingerprint density at radius 3 is 2.54 bits per heavy atom. The van der Waals surface area contributed by atoms with Gasteiger partial charge in [0.05, 0.1) is 12.1 Å². The minimum atomic E-state index is -1.20. The monoisotopic (exact) mass is 359 g/mol. The third kappa shape index (κ3) is 5.41. The molecule has 1 N–H and O–H groups in total. The maximum Gasteiger partial charge on any atom is 0.228 e. The second-order valence-electron chi connectivity index (χ2n) is 8.31. The number of carbonyl (C=O) groups is 1. The number of amides is 1. The molecule has 0 fully saturated rings. The van der Waals surface area contributed by atoms with Crippen LogP contribution in [0.25, 0.3) is 0 Å². The van der Waals surface area contributed by atoms with E-state index in [1.165, 1.54) is 6.92 Å². The number of benzene rings is 1. The maximum atomic E-state index is 13.7. The smallest absolute Gasteiger partial charge is 0.228 e. The van der Waals surface area contributed by atoms with Crippen molar-refractivity contribution in [2.45, 2.75) is 59.5 Å². The Labute approximate surface area is 155 Å². The molecule has 0 aliphatic carbocycles. The van der Waals surface area contributed by atoms with Crippen LogP contribution in [0.15, 0.2) is 30.5 Å². The Morgan fingerprint density at radius 2 is 1.92 bits per heavy atom. The molecule has 2 atom stereocenters. The van der Waals surface area contributed by atoms with Crippen LogP contribution in [-0.4, -0.2) is 15.7 Å². The number of alkyl halides is 1. The lowest BCUT2D eigenvalue weighted by Gasteiger charge is -2.25. The first-order valence-corrected chi connectivity index (χ1v) is 9.12. The highest BCUT2D eigenvalue weighted by molar-refractivity contribution is 5.93. The molecule has 0 saturated carbocycles. The molecular weight excluding hydrogens is 329 g/mol. The van der Waals surface area contributed by atoms with Crippen molar-refractivity contribution in [2.75, 3.05) is 5.32 Å². The molecule has 1 amide bonds. The van der Waals surface area contributed by atoms with Crippen LogP contribution < -0.4 is 5.32 Å². The molecule has 2 aromatic rings. The molecule has 142 valence electrons. The number of aromatic nitrogens is 2. The summed E-state index contributed by atoms with van der Waals surface area (Å²) >= 11 is 0. The second-order valence-corrected chi connectivity index (χ2v) is 8.31. The Morgan fingerprint density at radius 1 is 1.27 bits per heavy atom. The number of rotatable bonds is 6. The van der Waals surface area contributed by atoms with Gasteiger partial charge in [-0.25, -0.2) is 4.39 Å². The zero-order chi connectivity index (χ0) is 19.5. The van der Waals surface area contributed by atoms with Crippen LogP contribution in [0.1, 0.15) is 69.9 Å². The van der Waals surface area contributed by atoms with Gasteiger partial charge in [-0.15, -0.1) is 0 Å². The minimum Gasteiger partial charge on any atom is -0.326 e. The lowest BCUT2D eigenvalue weighted by molar-refractivity contribution is -0.115. The topological polar surface area (TPSA) is 46.9 Å². The van der Waals surface area contributed by atoms with E-state index in [0.717, 1.165) is 17.7 Å². The first-order chi connectivity index (χ1) is 12.1. The predicted octanol–water partition coefficient (Wildman–Crippen LogP) is 5.17. The lowest BCUT2D eigenvalue weighted by Crippen LogP contribution is -2.17. The van der Waals surface area contributed by atoms with Crippen molar-refractivity contribution < 1.29 is 9.18 Å². The molecule has 0 bridgehead atoms. The van der Waals surface area contributed by atoms with Crippen molar-refractivity contribution >= 4 is 11.6 Å². The van der Waals surface area contributed by atoms with Crippen molar-refractivity contribution in [2.24, 2.45) is 12.5 Å². The van der Waals surface area contributed by atoms with Crippen molar-refractivity contribution in [3.8, 4) is 0 Å². The van der Waals surface area contributed by atoms with Crippen LogP contribution in [0, 0.1) is 5.41 Å². The van der Waals surface area contributed by atoms with Crippen LogP contribution in [0.2, 0.25) is 0 Å². The van der Waals surface area contributed by atoms with E-state index >= 15 is 0 Å². The largest absolute Gasteiger partial charge is 0.326 e. The Balaban J connectivity index is 2.15. The van der Waals surface area contributed by atoms with Gasteiger partial charge in [-0.2, -0.15) is 5.10 Å². The van der Waals surface area contributed by atoms with Crippen molar-refractivity contribution in [3.05, 3.63) is 47.3 Å². The predicted molar refractivity (Wildman–Crippen MR) is 104 cm³/mol. The van der Waals surface area contributed by atoms with Gasteiger partial charge in [-0.1, -0.05) is 45.9 Å². The number of para-hydroxylation sites is 1. The molecule has 0 saturated heterocycles. The van der Waals surface area contributed by atoms with E-state index in [1.54, 1.807) is 17.9 Å². The van der Waals surface area contributed by atoms with Gasteiger partial charge in [0.1, 0.15) is 6.17 Å². The van der Waals surface area contributed by atoms with Crippen molar-refractivity contribution in [3.63, 3.8) is 0 Å². The molecule has 0 radical (unpaired) electrons. The number of nitrogens with one attached hydrogen (secondary N) is 1. The van der Waals surface area contributed by atoms with E-state index in [0.29, 0.717) is 17.2 Å². The Bertz CT molecular complexity index is 759. The van der Waals surface area contributed by atoms with Crippen LogP contribution in [0.5, 0.6) is 0 Å². The van der Waals surface area contributed by atoms with E-state index < -0.39 is 6.17 Å². The fourth-order valence-corrected chi connectivity index (χ4v) is 3.46. The normalized spacial score (nSPS) is 14.1. The van der Waals surface area contributed by atoms with Gasteiger partial charge < -0.3 is 5.32 Å². The molecule has 5 heteroatoms. The van der Waals surface area contributed by atoms with Gasteiger partial charge in [-0.05, 0) is 36.3 Å². The summed E-state index contributed by atoms with van der Waals surface area (Å²) in [6.07, 6.45) is 1.64. The van der Waals surface area contributed by atoms with E-state index in [4.69, 9.17) is 0 Å². The molecule has 26 heavy (non-hydrogen) atoms. The van der Waals surface area contributed by atoms with Gasteiger partial charge in [0, 0.05) is 24.5 Å². The zero-order valence-electron chi connectivity index (χ0n) is 16.6. The van der Waals surface area contributed by atoms with Crippen LogP contribution >= 0.6 is 0 Å². The van der Waals surface area contributed by atoms with E-state index in [-0.39, 0.29) is 17.7 Å². The second kappa shape index (κ2) is 8.02. The number of aryl methyl sites for hydroxylation is 1. The van der Waals surface area contributed by atoms with Gasteiger partial charge in [0.2, 0.25) is 5.91 Å². The first kappa shape index (κ1) is 20.1. The number of hydrogen-bond donors (Lipinski definition) is 1. The molecule has 0 spiro atoms. The summed E-state index contributed by atoms with van der Waals surface area (Å²) in [6, 6.07) is 7.90. The standard InChI is InChI=1S/C21H30FN3O/c1-14(12-21(3,4)5)17-9-7-8-10-18(17)23-19(26)11-16-13-25(6)24-20(16)15(2)22/h7-10,13-15H,11-12H2,1-6H3,(H,23,26). The SMILES string of the molecule is CC(F)c1nn(C)cc1CC(=O)Nc1ccccc1C(C)CC(C)(C)C. The highest BCUT2D eigenvalue weighted by Crippen LogP contribution is 2.34. The number of anilines is 1. The summed E-state index contributed by atoms with van der Waals surface area (Å²) < 4.78 is 15.3. The Kier molecular flexibility index (Phi) is 6.21. The van der Waals surface area contributed by atoms with Crippen molar-refractivity contribution in [1.82, 2.24) is 9.78 Å². The minimum absolute atomic E-state index is 0.111. The molecule has 2 rings (SSSR count). The molecule has 0 aliphatic rings. The summed E-state index contributed by atoms with van der Waals surface area (Å²) in [5.74, 6) is 0.168. The van der Waals surface area contributed by atoms with Gasteiger partial charge in [0.15, 0.2) is 0 Å². The van der Waals surface area contributed by atoms with E-state index in [1.807, 2.05) is 18.2 Å². The number of halogens is 1. The highest BCUT2D eigenvalue weighted by Gasteiger charge is 2.21. The van der Waals surface area contributed by atoms with Crippen LogP contribution in [0.3, 0.4) is 0 Å². The molecule has 0 aliphatic heterocycles. The molecule has 1 heterocycles. The summed E-state index contributed by atoms with van der Waals surface area (Å²) in [6.45, 7) is 10.3. The average Bonchev–Trinajstić information content (AvgIpc) is 2.86. The zero-order valence-corrected chi connectivity index (χ0v) is 16.6. The fraction of sp³-hybridized carbons (Fsp3) is 0.524. The van der Waals surface area contributed by atoms with Crippen LogP contribution in [-0.2, 0) is 18.3 Å². The summed E-state index contributed by atoms with van der Waals surface area (Å²) in [7, 11) is 1.73. The maximum absolute atomic E-state index is 13.7. The third-order valence-electron chi connectivity index (χ3n) is 4.35. The van der Waals surface area contributed by atoms with E-state index in [9.17, 15) is 9.18 Å². The summed E-state index contributed by atoms with van der Waals surface area (Å²) in [4.78, 5) is 12.6. The first-order valence-electron chi connectivity index (χ1n) is 9.12. The van der Waals surface area contributed by atoms with Gasteiger partial charge >= 0.3 is 0 Å². The molecule has 1 aromatic heterocycles. The molecular formula is C21H30FN3O. The van der Waals surface area contributed by atoms with Gasteiger partial charge in [0.25, 0.3) is 0 Å². The number of nitrogens with zero attached hydrogens (tertiary/aromatic N) is 2. The highest BCUT2D eigenvalue weighted by atomic mass is 19.1. The average molecular weight is 359 g/mol. The number of carbonyl (C=O) groups excluding carboxylic acids is 1. The Hall–Kier alpha value is -2.17. The third-order valence-corrected chi connectivity index (χ3v) is 4.35. The fourth-order valence-electron chi connectivity index (χ4n) is 3.46. The molecule has 2 unspecified atom stereocenters. The lowest BCUT2D eigenvalue weighted by atomic mass is 9.82.